The zero-order valence-electron chi connectivity index (χ0n) is 14.2. The Morgan fingerprint density at radius 2 is 2.00 bits per heavy atom. The SMILES string of the molecule is C[C@H](Sc1ncnc2sc3c(c12)CCC3)c1nnc(-c2ccccc2)o1. The molecular weight excluding hydrogens is 364 g/mol. The molecule has 5 nitrogen and oxygen atoms in total. The minimum Gasteiger partial charge on any atom is -0.419 e. The fraction of sp³-hybridized carbons (Fsp3) is 0.263. The summed E-state index contributed by atoms with van der Waals surface area (Å²) in [5.74, 6) is 1.17. The highest BCUT2D eigenvalue weighted by molar-refractivity contribution is 7.99. The maximum atomic E-state index is 5.91. The van der Waals surface area contributed by atoms with E-state index in [1.54, 1.807) is 18.1 Å². The van der Waals surface area contributed by atoms with E-state index < -0.39 is 0 Å². The highest BCUT2D eigenvalue weighted by Crippen LogP contribution is 2.43. The molecule has 1 aliphatic carbocycles. The van der Waals surface area contributed by atoms with E-state index in [0.29, 0.717) is 11.8 Å². The van der Waals surface area contributed by atoms with Gasteiger partial charge in [0.05, 0.1) is 5.25 Å². The highest BCUT2D eigenvalue weighted by Gasteiger charge is 2.24. The Labute approximate surface area is 158 Å². The zero-order chi connectivity index (χ0) is 17.5. The average Bonchev–Trinajstić information content (AvgIpc) is 3.38. The predicted molar refractivity (Wildman–Crippen MR) is 103 cm³/mol. The molecule has 0 saturated carbocycles. The minimum atomic E-state index is 0.0232. The summed E-state index contributed by atoms with van der Waals surface area (Å²) < 4.78 is 5.91. The lowest BCUT2D eigenvalue weighted by molar-refractivity contribution is 0.509. The van der Waals surface area contributed by atoms with Crippen LogP contribution in [-0.4, -0.2) is 20.2 Å². The third-order valence-electron chi connectivity index (χ3n) is 4.56. The van der Waals surface area contributed by atoms with Gasteiger partial charge in [-0.3, -0.25) is 0 Å². The number of hydrogen-bond donors (Lipinski definition) is 0. The molecule has 130 valence electrons. The van der Waals surface area contributed by atoms with Gasteiger partial charge in [0.15, 0.2) is 0 Å². The zero-order valence-corrected chi connectivity index (χ0v) is 15.8. The lowest BCUT2D eigenvalue weighted by Crippen LogP contribution is -1.92. The smallest absolute Gasteiger partial charge is 0.247 e. The molecule has 0 N–H and O–H groups in total. The van der Waals surface area contributed by atoms with Crippen molar-refractivity contribution < 1.29 is 4.42 Å². The highest BCUT2D eigenvalue weighted by atomic mass is 32.2. The molecular formula is C19H16N4OS2. The van der Waals surface area contributed by atoms with E-state index >= 15 is 0 Å². The number of fused-ring (bicyclic) bond motifs is 3. The number of benzene rings is 1. The Morgan fingerprint density at radius 1 is 1.12 bits per heavy atom. The third kappa shape index (κ3) is 2.71. The van der Waals surface area contributed by atoms with Crippen LogP contribution in [0.1, 0.15) is 34.9 Å². The van der Waals surface area contributed by atoms with Crippen molar-refractivity contribution in [1.82, 2.24) is 20.2 Å². The van der Waals surface area contributed by atoms with E-state index in [0.717, 1.165) is 21.8 Å². The monoisotopic (exact) mass is 380 g/mol. The second kappa shape index (κ2) is 6.48. The van der Waals surface area contributed by atoms with Crippen LogP contribution in [0.15, 0.2) is 46.1 Å². The lowest BCUT2D eigenvalue weighted by Gasteiger charge is -2.07. The molecule has 1 atom stereocenters. The largest absolute Gasteiger partial charge is 0.419 e. The first kappa shape index (κ1) is 16.0. The molecule has 5 rings (SSSR count). The Bertz CT molecular complexity index is 1070. The number of thioether (sulfide) groups is 1. The first-order valence-electron chi connectivity index (χ1n) is 8.60. The summed E-state index contributed by atoms with van der Waals surface area (Å²) in [5, 5.41) is 10.7. The van der Waals surface area contributed by atoms with Crippen molar-refractivity contribution in [3.05, 3.63) is 53.0 Å². The first-order chi connectivity index (χ1) is 12.8. The van der Waals surface area contributed by atoms with Gasteiger partial charge in [-0.05, 0) is 43.9 Å². The van der Waals surface area contributed by atoms with Crippen LogP contribution in [0.2, 0.25) is 0 Å². The van der Waals surface area contributed by atoms with Gasteiger partial charge >= 0.3 is 0 Å². The number of nitrogens with zero attached hydrogens (tertiary/aromatic N) is 4. The number of aryl methyl sites for hydroxylation is 2. The maximum Gasteiger partial charge on any atom is 0.247 e. The van der Waals surface area contributed by atoms with E-state index in [9.17, 15) is 0 Å². The summed E-state index contributed by atoms with van der Waals surface area (Å²) in [6.45, 7) is 2.08. The summed E-state index contributed by atoms with van der Waals surface area (Å²) in [6, 6.07) is 9.84. The van der Waals surface area contributed by atoms with Gasteiger partial charge < -0.3 is 4.42 Å². The molecule has 0 unspecified atom stereocenters. The normalized spacial score (nSPS) is 14.7. The molecule has 0 radical (unpaired) electrons. The van der Waals surface area contributed by atoms with Crippen molar-refractivity contribution in [2.45, 2.75) is 36.5 Å². The van der Waals surface area contributed by atoms with Gasteiger partial charge in [-0.15, -0.1) is 21.5 Å². The van der Waals surface area contributed by atoms with Gasteiger partial charge in [-0.2, -0.15) is 0 Å². The third-order valence-corrected chi connectivity index (χ3v) is 6.85. The molecule has 1 aliphatic rings. The standard InChI is InChI=1S/C19H16N4OS2/c1-11(16-22-23-17(24-16)12-6-3-2-4-7-12)25-18-15-13-8-5-9-14(13)26-19(15)21-10-20-18/h2-4,6-7,10-11H,5,8-9H2,1H3/t11-/m0/s1. The Kier molecular flexibility index (Phi) is 3.98. The van der Waals surface area contributed by atoms with Crippen molar-refractivity contribution in [2.24, 2.45) is 0 Å². The molecule has 0 spiro atoms. The van der Waals surface area contributed by atoms with Crippen molar-refractivity contribution in [2.75, 3.05) is 0 Å². The Balaban J connectivity index is 1.45. The van der Waals surface area contributed by atoms with Gasteiger partial charge in [-0.1, -0.05) is 30.0 Å². The molecule has 7 heteroatoms. The predicted octanol–water partition coefficient (Wildman–Crippen LogP) is 5.08. The molecule has 0 aliphatic heterocycles. The average molecular weight is 380 g/mol. The van der Waals surface area contributed by atoms with Crippen LogP contribution in [0.4, 0.5) is 0 Å². The quantitative estimate of drug-likeness (QED) is 0.363. The molecule has 0 saturated heterocycles. The first-order valence-corrected chi connectivity index (χ1v) is 10.3. The van der Waals surface area contributed by atoms with Crippen molar-refractivity contribution in [1.29, 1.82) is 0 Å². The Hall–Kier alpha value is -2.25. The van der Waals surface area contributed by atoms with Crippen LogP contribution in [0.25, 0.3) is 21.7 Å². The van der Waals surface area contributed by atoms with Crippen LogP contribution in [0.3, 0.4) is 0 Å². The fourth-order valence-electron chi connectivity index (χ4n) is 3.30. The van der Waals surface area contributed by atoms with Crippen LogP contribution in [-0.2, 0) is 12.8 Å². The maximum absolute atomic E-state index is 5.91. The summed E-state index contributed by atoms with van der Waals surface area (Å²) in [5.41, 5.74) is 2.37. The number of thiophene rings is 1. The molecule has 26 heavy (non-hydrogen) atoms. The molecule has 1 aromatic carbocycles. The molecule has 0 amide bonds. The number of rotatable bonds is 4. The lowest BCUT2D eigenvalue weighted by atomic mass is 10.2. The summed E-state index contributed by atoms with van der Waals surface area (Å²) in [4.78, 5) is 11.6. The second-order valence-electron chi connectivity index (χ2n) is 6.29. The summed E-state index contributed by atoms with van der Waals surface area (Å²) in [7, 11) is 0. The molecule has 0 fully saturated rings. The van der Waals surface area contributed by atoms with Gasteiger partial charge in [0.2, 0.25) is 11.8 Å². The molecule has 4 aromatic rings. The second-order valence-corrected chi connectivity index (χ2v) is 8.70. The fourth-order valence-corrected chi connectivity index (χ4v) is 5.57. The molecule has 3 aromatic heterocycles. The van der Waals surface area contributed by atoms with Gasteiger partial charge in [0.1, 0.15) is 16.2 Å². The van der Waals surface area contributed by atoms with Crippen LogP contribution in [0, 0.1) is 0 Å². The van der Waals surface area contributed by atoms with E-state index in [-0.39, 0.29) is 5.25 Å². The minimum absolute atomic E-state index is 0.0232. The van der Waals surface area contributed by atoms with Crippen molar-refractivity contribution in [3.8, 4) is 11.5 Å². The molecule has 0 bridgehead atoms. The van der Waals surface area contributed by atoms with Gasteiger partial charge in [-0.25, -0.2) is 9.97 Å². The van der Waals surface area contributed by atoms with E-state index in [1.165, 1.54) is 28.7 Å². The van der Waals surface area contributed by atoms with Gasteiger partial charge in [0, 0.05) is 15.8 Å². The van der Waals surface area contributed by atoms with E-state index in [4.69, 9.17) is 4.42 Å². The van der Waals surface area contributed by atoms with Crippen LogP contribution >= 0.6 is 23.1 Å². The summed E-state index contributed by atoms with van der Waals surface area (Å²) in [6.07, 6.45) is 5.19. The van der Waals surface area contributed by atoms with E-state index in [1.807, 2.05) is 41.7 Å². The van der Waals surface area contributed by atoms with Crippen molar-refractivity contribution >= 4 is 33.3 Å². The van der Waals surface area contributed by atoms with E-state index in [2.05, 4.69) is 27.1 Å². The number of aromatic nitrogens is 4. The topological polar surface area (TPSA) is 64.7 Å². The van der Waals surface area contributed by atoms with Crippen LogP contribution < -0.4 is 0 Å². The Morgan fingerprint density at radius 3 is 2.88 bits per heavy atom. The van der Waals surface area contributed by atoms with Crippen LogP contribution in [0.5, 0.6) is 0 Å². The van der Waals surface area contributed by atoms with Gasteiger partial charge in [0.25, 0.3) is 0 Å². The van der Waals surface area contributed by atoms with Crippen molar-refractivity contribution in [3.63, 3.8) is 0 Å². The molecule has 3 heterocycles. The summed E-state index contributed by atoms with van der Waals surface area (Å²) >= 11 is 3.47. The number of hydrogen-bond acceptors (Lipinski definition) is 7.